The number of amides is 3. The van der Waals surface area contributed by atoms with Crippen molar-refractivity contribution < 1.29 is 14.4 Å². The van der Waals surface area contributed by atoms with E-state index in [2.05, 4.69) is 20.9 Å². The van der Waals surface area contributed by atoms with Gasteiger partial charge in [-0.2, -0.15) is 0 Å². The molecule has 1 heterocycles. The van der Waals surface area contributed by atoms with E-state index in [0.717, 1.165) is 37.8 Å². The molecule has 4 N–H and O–H groups in total. The van der Waals surface area contributed by atoms with Crippen molar-refractivity contribution in [2.45, 2.75) is 17.1 Å². The summed E-state index contributed by atoms with van der Waals surface area (Å²) in [6.07, 6.45) is 3.46. The molecule has 5 aromatic carbocycles. The van der Waals surface area contributed by atoms with Crippen molar-refractivity contribution >= 4 is 68.6 Å². The van der Waals surface area contributed by atoms with Crippen LogP contribution in [0.25, 0.3) is 27.8 Å². The van der Waals surface area contributed by atoms with Crippen LogP contribution in [0.4, 0.5) is 11.4 Å². The number of nitrogens with one attached hydrogen (secondary N) is 4. The lowest BCUT2D eigenvalue weighted by Crippen LogP contribution is -2.30. The molecule has 0 spiro atoms. The average Bonchev–Trinajstić information content (AvgIpc) is 3.48. The SMILES string of the molecule is C[C@@H](Sc1ccc(NC(=O)/C(=C/c2c[nH]c3ccccc23)NC(=O)c2ccccc2)cc1)C(=O)Nc1cccc2ccccc12. The molecule has 0 fully saturated rings. The number of anilines is 2. The standard InChI is InChI=1S/C37H30N4O3S/c1-24(35(42)40-33-17-9-13-25-10-5-6-14-30(25)33)45-29-20-18-28(19-21-29)39-37(44)34(41-36(43)26-11-3-2-4-12-26)22-27-23-38-32-16-8-7-15-31(27)32/h2-24,38H,1H3,(H,39,44)(H,40,42)(H,41,43)/b34-22-/t24-/m1/s1. The molecule has 8 heteroatoms. The zero-order chi connectivity index (χ0) is 31.2. The Hall–Kier alpha value is -5.60. The molecular weight excluding hydrogens is 580 g/mol. The highest BCUT2D eigenvalue weighted by Crippen LogP contribution is 2.28. The first kappa shape index (κ1) is 29.5. The second-order valence-electron chi connectivity index (χ2n) is 10.4. The average molecular weight is 611 g/mol. The Bertz CT molecular complexity index is 2030. The predicted molar refractivity (Wildman–Crippen MR) is 183 cm³/mol. The Kier molecular flexibility index (Phi) is 8.75. The van der Waals surface area contributed by atoms with Crippen molar-refractivity contribution in [3.8, 4) is 0 Å². The third-order valence-electron chi connectivity index (χ3n) is 7.29. The van der Waals surface area contributed by atoms with Gasteiger partial charge in [0.15, 0.2) is 0 Å². The summed E-state index contributed by atoms with van der Waals surface area (Å²) in [7, 11) is 0. The van der Waals surface area contributed by atoms with Crippen LogP contribution in [0.2, 0.25) is 0 Å². The molecule has 45 heavy (non-hydrogen) atoms. The van der Waals surface area contributed by atoms with E-state index in [1.54, 1.807) is 48.7 Å². The lowest BCUT2D eigenvalue weighted by atomic mass is 10.1. The molecule has 0 bridgehead atoms. The van der Waals surface area contributed by atoms with Crippen LogP contribution in [-0.2, 0) is 9.59 Å². The summed E-state index contributed by atoms with van der Waals surface area (Å²) < 4.78 is 0. The van der Waals surface area contributed by atoms with Gasteiger partial charge in [0.1, 0.15) is 5.70 Å². The van der Waals surface area contributed by atoms with E-state index in [0.29, 0.717) is 11.3 Å². The van der Waals surface area contributed by atoms with Crippen molar-refractivity contribution in [2.75, 3.05) is 10.6 Å². The molecule has 0 aliphatic heterocycles. The Morgan fingerprint density at radius 3 is 2.22 bits per heavy atom. The van der Waals surface area contributed by atoms with Crippen LogP contribution in [-0.4, -0.2) is 28.0 Å². The highest BCUT2D eigenvalue weighted by Gasteiger charge is 2.18. The van der Waals surface area contributed by atoms with Crippen molar-refractivity contribution in [1.82, 2.24) is 10.3 Å². The maximum absolute atomic E-state index is 13.5. The monoisotopic (exact) mass is 610 g/mol. The first-order valence-electron chi connectivity index (χ1n) is 14.5. The van der Waals surface area contributed by atoms with Crippen LogP contribution in [0.3, 0.4) is 0 Å². The Morgan fingerprint density at radius 2 is 1.42 bits per heavy atom. The van der Waals surface area contributed by atoms with Gasteiger partial charge in [0.05, 0.1) is 5.25 Å². The highest BCUT2D eigenvalue weighted by atomic mass is 32.2. The summed E-state index contributed by atoms with van der Waals surface area (Å²) in [6.45, 7) is 1.86. The molecule has 0 saturated carbocycles. The fourth-order valence-corrected chi connectivity index (χ4v) is 5.82. The summed E-state index contributed by atoms with van der Waals surface area (Å²) in [5.41, 5.74) is 3.56. The van der Waals surface area contributed by atoms with Gasteiger partial charge in [-0.25, -0.2) is 0 Å². The molecule has 0 unspecified atom stereocenters. The van der Waals surface area contributed by atoms with Crippen molar-refractivity contribution in [3.63, 3.8) is 0 Å². The third kappa shape index (κ3) is 6.98. The number of rotatable bonds is 9. The number of carbonyl (C=O) groups is 3. The maximum Gasteiger partial charge on any atom is 0.272 e. The van der Waals surface area contributed by atoms with E-state index < -0.39 is 5.91 Å². The van der Waals surface area contributed by atoms with Crippen LogP contribution in [0, 0.1) is 0 Å². The summed E-state index contributed by atoms with van der Waals surface area (Å²) in [4.78, 5) is 43.6. The second-order valence-corrected chi connectivity index (χ2v) is 11.8. The Labute approximate surface area is 264 Å². The van der Waals surface area contributed by atoms with Gasteiger partial charge in [-0.15, -0.1) is 11.8 Å². The second kappa shape index (κ2) is 13.4. The van der Waals surface area contributed by atoms with Gasteiger partial charge in [0.25, 0.3) is 11.8 Å². The number of carbonyl (C=O) groups excluding carboxylic acids is 3. The fraction of sp³-hybridized carbons (Fsp3) is 0.0541. The number of thioether (sulfide) groups is 1. The van der Waals surface area contributed by atoms with Gasteiger partial charge >= 0.3 is 0 Å². The number of aromatic amines is 1. The molecule has 1 aromatic heterocycles. The summed E-state index contributed by atoms with van der Waals surface area (Å²) >= 11 is 1.42. The number of fused-ring (bicyclic) bond motifs is 2. The number of hydrogen-bond donors (Lipinski definition) is 4. The van der Waals surface area contributed by atoms with E-state index in [9.17, 15) is 14.4 Å². The number of benzene rings is 5. The first-order chi connectivity index (χ1) is 21.9. The highest BCUT2D eigenvalue weighted by molar-refractivity contribution is 8.00. The van der Waals surface area contributed by atoms with Gasteiger partial charge in [0.2, 0.25) is 5.91 Å². The van der Waals surface area contributed by atoms with E-state index in [4.69, 9.17) is 0 Å². The van der Waals surface area contributed by atoms with Crippen LogP contribution in [0.1, 0.15) is 22.8 Å². The number of aromatic nitrogens is 1. The molecule has 3 amide bonds. The lowest BCUT2D eigenvalue weighted by molar-refractivity contribution is -0.115. The number of H-pyrrole nitrogens is 1. The topological polar surface area (TPSA) is 103 Å². The van der Waals surface area contributed by atoms with Gasteiger partial charge in [-0.1, -0.05) is 72.8 Å². The lowest BCUT2D eigenvalue weighted by Gasteiger charge is -2.14. The van der Waals surface area contributed by atoms with Crippen molar-refractivity contribution in [1.29, 1.82) is 0 Å². The minimum Gasteiger partial charge on any atom is -0.361 e. The van der Waals surface area contributed by atoms with Crippen LogP contribution < -0.4 is 16.0 Å². The molecule has 0 aliphatic carbocycles. The largest absolute Gasteiger partial charge is 0.361 e. The normalized spacial score (nSPS) is 12.1. The summed E-state index contributed by atoms with van der Waals surface area (Å²) in [5, 5.41) is 11.3. The minimum atomic E-state index is -0.465. The molecular formula is C37H30N4O3S. The zero-order valence-corrected chi connectivity index (χ0v) is 25.2. The summed E-state index contributed by atoms with van der Waals surface area (Å²) in [5.74, 6) is -0.956. The van der Waals surface area contributed by atoms with Crippen LogP contribution in [0.15, 0.2) is 138 Å². The predicted octanol–water partition coefficient (Wildman–Crippen LogP) is 7.85. The quantitative estimate of drug-likeness (QED) is 0.0989. The van der Waals surface area contributed by atoms with Gasteiger partial charge in [0, 0.05) is 49.9 Å². The van der Waals surface area contributed by atoms with Crippen molar-refractivity contribution in [2.24, 2.45) is 0 Å². The molecule has 6 aromatic rings. The smallest absolute Gasteiger partial charge is 0.272 e. The molecule has 222 valence electrons. The van der Waals surface area contributed by atoms with Crippen LogP contribution in [0.5, 0.6) is 0 Å². The molecule has 7 nitrogen and oxygen atoms in total. The van der Waals surface area contributed by atoms with E-state index in [1.807, 2.05) is 91.9 Å². The molecule has 0 radical (unpaired) electrons. The Morgan fingerprint density at radius 1 is 0.733 bits per heavy atom. The van der Waals surface area contributed by atoms with Gasteiger partial charge in [-0.05, 0) is 66.9 Å². The van der Waals surface area contributed by atoms with E-state index in [-0.39, 0.29) is 22.8 Å². The molecule has 1 atom stereocenters. The van der Waals surface area contributed by atoms with Gasteiger partial charge in [-0.3, -0.25) is 14.4 Å². The number of para-hydroxylation sites is 1. The zero-order valence-electron chi connectivity index (χ0n) is 24.4. The van der Waals surface area contributed by atoms with E-state index >= 15 is 0 Å². The molecule has 6 rings (SSSR count). The van der Waals surface area contributed by atoms with E-state index in [1.165, 1.54) is 11.8 Å². The maximum atomic E-state index is 13.5. The third-order valence-corrected chi connectivity index (χ3v) is 8.40. The van der Waals surface area contributed by atoms with Crippen LogP contribution >= 0.6 is 11.8 Å². The molecule has 0 saturated heterocycles. The van der Waals surface area contributed by atoms with Crippen molar-refractivity contribution in [3.05, 3.63) is 144 Å². The minimum absolute atomic E-state index is 0.102. The summed E-state index contributed by atoms with van der Waals surface area (Å²) in [6, 6.07) is 37.5. The Balaban J connectivity index is 1.15. The molecule has 0 aliphatic rings. The first-order valence-corrected chi connectivity index (χ1v) is 15.3. The van der Waals surface area contributed by atoms with Gasteiger partial charge < -0.3 is 20.9 Å². The number of hydrogen-bond acceptors (Lipinski definition) is 4. The fourth-order valence-electron chi connectivity index (χ4n) is 4.95.